The lowest BCUT2D eigenvalue weighted by atomic mass is 10.0. The first-order chi connectivity index (χ1) is 19.1. The Balaban J connectivity index is 1.19. The summed E-state index contributed by atoms with van der Waals surface area (Å²) in [6.07, 6.45) is 0.794. The molecule has 202 valence electrons. The second kappa shape index (κ2) is 12.2. The van der Waals surface area contributed by atoms with Gasteiger partial charge in [0.05, 0.1) is 6.04 Å². The quantitative estimate of drug-likeness (QED) is 0.213. The molecule has 0 bridgehead atoms. The number of amides is 3. The summed E-state index contributed by atoms with van der Waals surface area (Å²) in [5.41, 5.74) is 11.0. The highest BCUT2D eigenvalue weighted by Gasteiger charge is 2.51. The van der Waals surface area contributed by atoms with Gasteiger partial charge in [0.1, 0.15) is 6.04 Å². The summed E-state index contributed by atoms with van der Waals surface area (Å²) >= 11 is 0. The highest BCUT2D eigenvalue weighted by molar-refractivity contribution is 5.97. The van der Waals surface area contributed by atoms with E-state index in [0.29, 0.717) is 32.4 Å². The number of carbonyl (C=O) groups excluding carboxylic acids is 3. The molecule has 2 aliphatic rings. The van der Waals surface area contributed by atoms with Crippen LogP contribution in [0.15, 0.2) is 78.9 Å². The topological polar surface area (TPSA) is 126 Å². The number of benzene rings is 3. The van der Waals surface area contributed by atoms with E-state index in [4.69, 9.17) is 10.5 Å². The number of unbranched alkanes of at least 4 members (excludes halogenated alkanes) is 1. The summed E-state index contributed by atoms with van der Waals surface area (Å²) in [6.45, 7) is 0.953. The highest BCUT2D eigenvalue weighted by atomic mass is 16.6. The summed E-state index contributed by atoms with van der Waals surface area (Å²) in [5, 5.41) is 8.81. The van der Waals surface area contributed by atoms with E-state index in [9.17, 15) is 14.4 Å². The fourth-order valence-corrected chi connectivity index (χ4v) is 5.16. The molecule has 2 unspecified atom stereocenters. The maximum Gasteiger partial charge on any atom is 0.253 e. The molecule has 0 aromatic heterocycles. The number of carbonyl (C=O) groups is 3. The average Bonchev–Trinajstić information content (AvgIpc) is 3.72. The Morgan fingerprint density at radius 2 is 1.41 bits per heavy atom. The molecule has 3 aromatic rings. The van der Waals surface area contributed by atoms with Crippen LogP contribution in [0.4, 0.5) is 0 Å². The third-order valence-corrected chi connectivity index (χ3v) is 7.26. The second-order valence-electron chi connectivity index (χ2n) is 9.97. The normalized spacial score (nSPS) is 18.0. The van der Waals surface area contributed by atoms with Crippen LogP contribution in [0.2, 0.25) is 0 Å². The van der Waals surface area contributed by atoms with Crippen molar-refractivity contribution in [2.75, 3.05) is 13.1 Å². The van der Waals surface area contributed by atoms with Gasteiger partial charge in [0.25, 0.3) is 11.8 Å². The SMILES string of the molecule is NCCCC[C@H](NC(=O)C1OC1C(=O)NCCc1ccccc1)C(=O)NC1c2ccccc2-c2ccccc21. The molecule has 3 aromatic carbocycles. The summed E-state index contributed by atoms with van der Waals surface area (Å²) in [4.78, 5) is 39.0. The van der Waals surface area contributed by atoms with Gasteiger partial charge < -0.3 is 26.4 Å². The molecule has 0 radical (unpaired) electrons. The van der Waals surface area contributed by atoms with Crippen molar-refractivity contribution in [3.63, 3.8) is 0 Å². The Bertz CT molecular complexity index is 1280. The van der Waals surface area contributed by atoms with E-state index in [0.717, 1.165) is 34.2 Å². The zero-order valence-electron chi connectivity index (χ0n) is 21.8. The molecule has 0 spiro atoms. The minimum atomic E-state index is -0.903. The Labute approximate surface area is 228 Å². The van der Waals surface area contributed by atoms with Crippen molar-refractivity contribution in [1.82, 2.24) is 16.0 Å². The van der Waals surface area contributed by atoms with Crippen LogP contribution < -0.4 is 21.7 Å². The van der Waals surface area contributed by atoms with Gasteiger partial charge in [-0.15, -0.1) is 0 Å². The predicted octanol–water partition coefficient (Wildman–Crippen LogP) is 2.61. The first kappa shape index (κ1) is 26.6. The fraction of sp³-hybridized carbons (Fsp3) is 0.323. The number of rotatable bonds is 12. The molecule has 1 aliphatic carbocycles. The van der Waals surface area contributed by atoms with E-state index >= 15 is 0 Å². The number of hydrogen-bond acceptors (Lipinski definition) is 5. The number of hydrogen-bond donors (Lipinski definition) is 4. The number of nitrogens with one attached hydrogen (secondary N) is 3. The highest BCUT2D eigenvalue weighted by Crippen LogP contribution is 2.43. The molecular formula is C31H34N4O4. The fourth-order valence-electron chi connectivity index (χ4n) is 5.16. The van der Waals surface area contributed by atoms with E-state index < -0.39 is 24.2 Å². The third-order valence-electron chi connectivity index (χ3n) is 7.26. The van der Waals surface area contributed by atoms with Crippen molar-refractivity contribution in [2.24, 2.45) is 5.73 Å². The monoisotopic (exact) mass is 526 g/mol. The molecule has 0 saturated carbocycles. The molecule has 1 fully saturated rings. The van der Waals surface area contributed by atoms with E-state index in [1.807, 2.05) is 66.7 Å². The van der Waals surface area contributed by atoms with Gasteiger partial charge in [-0.3, -0.25) is 14.4 Å². The molecule has 3 amide bonds. The Kier molecular flexibility index (Phi) is 8.34. The Hall–Kier alpha value is -4.01. The summed E-state index contributed by atoms with van der Waals surface area (Å²) < 4.78 is 5.40. The van der Waals surface area contributed by atoms with Crippen molar-refractivity contribution < 1.29 is 19.1 Å². The molecule has 8 nitrogen and oxygen atoms in total. The van der Waals surface area contributed by atoms with Crippen LogP contribution in [0.25, 0.3) is 11.1 Å². The van der Waals surface area contributed by atoms with Crippen molar-refractivity contribution >= 4 is 17.7 Å². The number of nitrogens with two attached hydrogens (primary N) is 1. The zero-order chi connectivity index (χ0) is 27.2. The number of fused-ring (bicyclic) bond motifs is 3. The smallest absolute Gasteiger partial charge is 0.253 e. The van der Waals surface area contributed by atoms with Crippen LogP contribution in [-0.4, -0.2) is 49.1 Å². The van der Waals surface area contributed by atoms with Gasteiger partial charge in [-0.25, -0.2) is 0 Å². The summed E-state index contributed by atoms with van der Waals surface area (Å²) in [6, 6.07) is 24.8. The van der Waals surface area contributed by atoms with E-state index in [1.165, 1.54) is 0 Å². The van der Waals surface area contributed by atoms with Gasteiger partial charge in [0, 0.05) is 6.54 Å². The molecule has 3 atom stereocenters. The molecule has 8 heteroatoms. The molecule has 1 aliphatic heterocycles. The average molecular weight is 527 g/mol. The Morgan fingerprint density at radius 1 is 0.795 bits per heavy atom. The number of ether oxygens (including phenoxy) is 1. The number of epoxide rings is 1. The molecule has 5 N–H and O–H groups in total. The summed E-state index contributed by atoms with van der Waals surface area (Å²) in [5.74, 6) is -1.06. The third kappa shape index (κ3) is 6.19. The lowest BCUT2D eigenvalue weighted by Crippen LogP contribution is -2.49. The van der Waals surface area contributed by atoms with Gasteiger partial charge in [0.15, 0.2) is 12.2 Å². The van der Waals surface area contributed by atoms with Crippen LogP contribution in [0.3, 0.4) is 0 Å². The van der Waals surface area contributed by atoms with Gasteiger partial charge in [-0.1, -0.05) is 78.9 Å². The van der Waals surface area contributed by atoms with E-state index in [1.54, 1.807) is 0 Å². The van der Waals surface area contributed by atoms with Crippen LogP contribution in [0, 0.1) is 0 Å². The lowest BCUT2D eigenvalue weighted by Gasteiger charge is -2.22. The lowest BCUT2D eigenvalue weighted by molar-refractivity contribution is -0.130. The van der Waals surface area contributed by atoms with Gasteiger partial charge in [0.2, 0.25) is 5.91 Å². The standard InChI is InChI=1S/C31H34N4O4/c32-18-9-8-16-25(29(36)35-26-23-14-6-4-12-21(23)22-13-5-7-15-24(22)26)34-31(38)28-27(39-28)30(37)33-19-17-20-10-2-1-3-11-20/h1-7,10-15,25-28H,8-9,16-19,32H2,(H,33,37)(H,34,38)(H,35,36)/t25-,27?,28?/m0/s1. The predicted molar refractivity (Wildman–Crippen MR) is 149 cm³/mol. The van der Waals surface area contributed by atoms with Gasteiger partial charge in [-0.2, -0.15) is 0 Å². The van der Waals surface area contributed by atoms with Crippen molar-refractivity contribution in [3.8, 4) is 11.1 Å². The first-order valence-corrected chi connectivity index (χ1v) is 13.5. The Morgan fingerprint density at radius 3 is 2.08 bits per heavy atom. The van der Waals surface area contributed by atoms with E-state index in [2.05, 4.69) is 28.1 Å². The van der Waals surface area contributed by atoms with Gasteiger partial charge >= 0.3 is 0 Å². The maximum absolute atomic E-state index is 13.5. The maximum atomic E-state index is 13.5. The van der Waals surface area contributed by atoms with Crippen LogP contribution in [0.1, 0.15) is 42.0 Å². The molecule has 5 rings (SSSR count). The van der Waals surface area contributed by atoms with Crippen molar-refractivity contribution in [1.29, 1.82) is 0 Å². The first-order valence-electron chi connectivity index (χ1n) is 13.5. The minimum Gasteiger partial charge on any atom is -0.353 e. The zero-order valence-corrected chi connectivity index (χ0v) is 21.8. The largest absolute Gasteiger partial charge is 0.353 e. The van der Waals surface area contributed by atoms with Crippen molar-refractivity contribution in [2.45, 2.75) is 50.0 Å². The second-order valence-corrected chi connectivity index (χ2v) is 9.97. The van der Waals surface area contributed by atoms with Crippen LogP contribution in [0.5, 0.6) is 0 Å². The minimum absolute atomic E-state index is 0.276. The van der Waals surface area contributed by atoms with Crippen molar-refractivity contribution in [3.05, 3.63) is 95.6 Å². The van der Waals surface area contributed by atoms with E-state index in [-0.39, 0.29) is 17.9 Å². The van der Waals surface area contributed by atoms with Gasteiger partial charge in [-0.05, 0) is 60.0 Å². The molecule has 1 heterocycles. The van der Waals surface area contributed by atoms with Crippen LogP contribution in [-0.2, 0) is 25.5 Å². The molecular weight excluding hydrogens is 492 g/mol. The molecule has 1 saturated heterocycles. The summed E-state index contributed by atoms with van der Waals surface area (Å²) in [7, 11) is 0. The van der Waals surface area contributed by atoms with Crippen LogP contribution >= 0.6 is 0 Å². The molecule has 39 heavy (non-hydrogen) atoms.